The van der Waals surface area contributed by atoms with Gasteiger partial charge < -0.3 is 23.3 Å². The number of benzene rings is 1. The van der Waals surface area contributed by atoms with Gasteiger partial charge in [0.2, 0.25) is 0 Å². The highest BCUT2D eigenvalue weighted by Crippen LogP contribution is 2.63. The fourth-order valence-corrected chi connectivity index (χ4v) is 6.51. The summed E-state index contributed by atoms with van der Waals surface area (Å²) in [6.07, 6.45) is -1.44. The van der Waals surface area contributed by atoms with E-state index in [2.05, 4.69) is 15.9 Å². The molecule has 1 aromatic heterocycles. The van der Waals surface area contributed by atoms with E-state index in [1.165, 1.54) is 44.7 Å². The topological polar surface area (TPSA) is 83.5 Å². The summed E-state index contributed by atoms with van der Waals surface area (Å²) < 4.78 is 41.7. The highest BCUT2D eigenvalue weighted by molar-refractivity contribution is 9.10. The monoisotopic (exact) mass is 509 g/mol. The van der Waals surface area contributed by atoms with Gasteiger partial charge in [-0.15, -0.1) is 11.3 Å². The van der Waals surface area contributed by atoms with Gasteiger partial charge in [-0.25, -0.2) is 4.79 Å². The molecule has 2 aromatic rings. The summed E-state index contributed by atoms with van der Waals surface area (Å²) in [6.45, 7) is 1.80. The van der Waals surface area contributed by atoms with Crippen molar-refractivity contribution < 1.29 is 32.6 Å². The molecule has 1 unspecified atom stereocenters. The minimum absolute atomic E-state index is 0.0391. The van der Waals surface area contributed by atoms with Crippen LogP contribution in [0.15, 0.2) is 28.7 Å². The summed E-state index contributed by atoms with van der Waals surface area (Å²) in [4.78, 5) is 14.7. The van der Waals surface area contributed by atoms with Crippen LogP contribution < -0.4 is 0 Å². The van der Waals surface area contributed by atoms with Gasteiger partial charge in [-0.2, -0.15) is 0 Å². The molecule has 8 nitrogen and oxygen atoms in total. The Balaban J connectivity index is 2.65. The molecule has 162 valence electrons. The van der Waals surface area contributed by atoms with Crippen LogP contribution in [0.5, 0.6) is 0 Å². The highest BCUT2D eigenvalue weighted by Gasteiger charge is 2.45. The van der Waals surface area contributed by atoms with Crippen LogP contribution in [0, 0.1) is 0 Å². The maximum atomic E-state index is 13.5. The molecular formula is C18H25BrNO7PS. The van der Waals surface area contributed by atoms with Gasteiger partial charge in [-0.3, -0.25) is 9.46 Å². The van der Waals surface area contributed by atoms with Crippen LogP contribution in [-0.4, -0.2) is 58.9 Å². The average molecular weight is 510 g/mol. The van der Waals surface area contributed by atoms with Gasteiger partial charge >= 0.3 is 13.7 Å². The molecule has 1 aromatic carbocycles. The number of halogens is 1. The largest absolute Gasteiger partial charge is 0.450 e. The molecule has 0 aliphatic carbocycles. The molecule has 0 fully saturated rings. The second-order valence-electron chi connectivity index (χ2n) is 5.84. The quantitative estimate of drug-likeness (QED) is 0.320. The Bertz CT molecular complexity index is 865. The molecule has 0 saturated carbocycles. The third-order valence-electron chi connectivity index (χ3n) is 4.25. The first-order valence-corrected chi connectivity index (χ1v) is 11.9. The van der Waals surface area contributed by atoms with Gasteiger partial charge in [0.05, 0.1) is 13.2 Å². The molecule has 0 radical (unpaired) electrons. The van der Waals surface area contributed by atoms with E-state index in [1.54, 1.807) is 6.92 Å². The fraction of sp³-hybridized carbons (Fsp3) is 0.500. The van der Waals surface area contributed by atoms with Crippen LogP contribution in [-0.2, 0) is 27.8 Å². The number of carbonyl (C=O) groups is 1. The first kappa shape index (κ1) is 24.3. The van der Waals surface area contributed by atoms with Gasteiger partial charge in [-0.05, 0) is 40.4 Å². The predicted molar refractivity (Wildman–Crippen MR) is 115 cm³/mol. The number of amides is 1. The molecule has 0 N–H and O–H groups in total. The van der Waals surface area contributed by atoms with Crippen LogP contribution in [0.25, 0.3) is 10.1 Å². The Morgan fingerprint density at radius 1 is 1.21 bits per heavy atom. The zero-order valence-corrected chi connectivity index (χ0v) is 20.2. The normalized spacial score (nSPS) is 13.1. The Labute approximate surface area is 182 Å². The Kier molecular flexibility index (Phi) is 9.09. The first-order chi connectivity index (χ1) is 13.8. The van der Waals surface area contributed by atoms with Crippen LogP contribution >= 0.6 is 34.9 Å². The summed E-state index contributed by atoms with van der Waals surface area (Å²) in [5.74, 6) is -1.05. The van der Waals surface area contributed by atoms with Crippen molar-refractivity contribution in [2.75, 3.05) is 41.6 Å². The number of thiophene rings is 1. The predicted octanol–water partition coefficient (Wildman–Crippen LogP) is 5.23. The van der Waals surface area contributed by atoms with Crippen molar-refractivity contribution in [1.29, 1.82) is 0 Å². The van der Waals surface area contributed by atoms with Crippen molar-refractivity contribution in [1.82, 2.24) is 4.90 Å². The molecular weight excluding hydrogens is 485 g/mol. The first-order valence-electron chi connectivity index (χ1n) is 8.73. The van der Waals surface area contributed by atoms with Crippen molar-refractivity contribution in [2.24, 2.45) is 0 Å². The van der Waals surface area contributed by atoms with Gasteiger partial charge in [0, 0.05) is 42.5 Å². The molecule has 11 heteroatoms. The molecule has 0 saturated heterocycles. The number of rotatable bonds is 10. The van der Waals surface area contributed by atoms with E-state index in [9.17, 15) is 9.36 Å². The maximum Gasteiger partial charge on any atom is 0.411 e. The standard InChI is InChI=1S/C18H25BrNO7PS/c1-6-27-18(21)20(11-15(23-2)24-3)17(28(22,25-4)26-5)14-10-12-8-7-9-13(19)16(12)29-14/h7-10,15,17H,6,11H2,1-5H3. The van der Waals surface area contributed by atoms with Gasteiger partial charge in [0.15, 0.2) is 12.1 Å². The second-order valence-corrected chi connectivity index (χ2v) is 10.1. The molecule has 2 rings (SSSR count). The molecule has 29 heavy (non-hydrogen) atoms. The number of hydrogen-bond acceptors (Lipinski definition) is 8. The number of methoxy groups -OCH3 is 2. The van der Waals surface area contributed by atoms with Gasteiger partial charge in [-0.1, -0.05) is 12.1 Å². The lowest BCUT2D eigenvalue weighted by atomic mass is 10.2. The maximum absolute atomic E-state index is 13.5. The second kappa shape index (κ2) is 10.9. The van der Waals surface area contributed by atoms with E-state index in [-0.39, 0.29) is 13.2 Å². The van der Waals surface area contributed by atoms with E-state index in [0.717, 1.165) is 14.6 Å². The summed E-state index contributed by atoms with van der Waals surface area (Å²) in [5.41, 5.74) is 0. The van der Waals surface area contributed by atoms with Crippen molar-refractivity contribution in [2.45, 2.75) is 19.0 Å². The molecule has 1 amide bonds. The molecule has 1 heterocycles. The van der Waals surface area contributed by atoms with Crippen molar-refractivity contribution in [3.05, 3.63) is 33.6 Å². The van der Waals surface area contributed by atoms with Crippen LogP contribution in [0.1, 0.15) is 17.6 Å². The smallest absolute Gasteiger partial charge is 0.411 e. The summed E-state index contributed by atoms with van der Waals surface area (Å²) in [6, 6.07) is 7.61. The molecule has 0 bridgehead atoms. The summed E-state index contributed by atoms with van der Waals surface area (Å²) in [5, 5.41) is 0.932. The van der Waals surface area contributed by atoms with Crippen LogP contribution in [0.3, 0.4) is 0 Å². The highest BCUT2D eigenvalue weighted by atomic mass is 79.9. The zero-order chi connectivity index (χ0) is 21.6. The SMILES string of the molecule is CCOC(=O)N(CC(OC)OC)C(c1cc2cccc(Br)c2s1)P(=O)(OC)OC. The van der Waals surface area contributed by atoms with Crippen LogP contribution in [0.2, 0.25) is 0 Å². The summed E-state index contributed by atoms with van der Waals surface area (Å²) >= 11 is 4.92. The minimum Gasteiger partial charge on any atom is -0.450 e. The Morgan fingerprint density at radius 2 is 1.86 bits per heavy atom. The lowest BCUT2D eigenvalue weighted by molar-refractivity contribution is -0.115. The number of hydrogen-bond donors (Lipinski definition) is 0. The third-order valence-corrected chi connectivity index (χ3v) is 8.76. The van der Waals surface area contributed by atoms with Gasteiger partial charge in [0.25, 0.3) is 0 Å². The number of carbonyl (C=O) groups excluding carboxylic acids is 1. The number of fused-ring (bicyclic) bond motifs is 1. The van der Waals surface area contributed by atoms with Crippen LogP contribution in [0.4, 0.5) is 4.79 Å². The van der Waals surface area contributed by atoms with Crippen molar-refractivity contribution >= 4 is 51.0 Å². The van der Waals surface area contributed by atoms with Crippen molar-refractivity contribution in [3.63, 3.8) is 0 Å². The van der Waals surface area contributed by atoms with E-state index in [0.29, 0.717) is 4.88 Å². The van der Waals surface area contributed by atoms with E-state index in [1.807, 2.05) is 24.3 Å². The lowest BCUT2D eigenvalue weighted by Gasteiger charge is -2.34. The average Bonchev–Trinajstić information content (AvgIpc) is 3.15. The van der Waals surface area contributed by atoms with Gasteiger partial charge in [0.1, 0.15) is 0 Å². The minimum atomic E-state index is -3.79. The van der Waals surface area contributed by atoms with E-state index >= 15 is 0 Å². The molecule has 0 aliphatic heterocycles. The number of ether oxygens (including phenoxy) is 3. The molecule has 0 aliphatic rings. The van der Waals surface area contributed by atoms with E-state index < -0.39 is 25.8 Å². The van der Waals surface area contributed by atoms with E-state index in [4.69, 9.17) is 23.3 Å². The Hall–Kier alpha value is -1.000. The fourth-order valence-electron chi connectivity index (χ4n) is 2.82. The van der Waals surface area contributed by atoms with Crippen molar-refractivity contribution in [3.8, 4) is 0 Å². The third kappa shape index (κ3) is 5.38. The summed E-state index contributed by atoms with van der Waals surface area (Å²) in [7, 11) is 1.69. The lowest BCUT2D eigenvalue weighted by Crippen LogP contribution is -2.42. The molecule has 1 atom stereocenters. The number of nitrogens with zero attached hydrogens (tertiary/aromatic N) is 1. The molecule has 0 spiro atoms. The zero-order valence-electron chi connectivity index (χ0n) is 16.9. The Morgan fingerprint density at radius 3 is 2.38 bits per heavy atom.